The summed E-state index contributed by atoms with van der Waals surface area (Å²) in [6.07, 6.45) is 4.13. The smallest absolute Gasteiger partial charge is 0.336 e. The van der Waals surface area contributed by atoms with Gasteiger partial charge >= 0.3 is 5.97 Å². The number of carbonyl (C=O) groups is 2. The molecule has 1 N–H and O–H groups in total. The molecule has 2 aromatic rings. The Balaban J connectivity index is 1.80. The third kappa shape index (κ3) is 2.58. The highest BCUT2D eigenvalue weighted by Gasteiger charge is 2.42. The maximum absolute atomic E-state index is 13.0. The van der Waals surface area contributed by atoms with E-state index in [0.717, 1.165) is 11.5 Å². The molecular formula is C20H19NO5. The molecule has 2 aromatic heterocycles. The van der Waals surface area contributed by atoms with Gasteiger partial charge in [0, 0.05) is 29.3 Å². The van der Waals surface area contributed by atoms with Gasteiger partial charge in [-0.25, -0.2) is 4.79 Å². The van der Waals surface area contributed by atoms with Crippen molar-refractivity contribution in [3.63, 3.8) is 0 Å². The number of dihydropyridines is 1. The molecule has 1 aliphatic carbocycles. The van der Waals surface area contributed by atoms with E-state index in [1.807, 2.05) is 19.1 Å². The first-order valence-electron chi connectivity index (χ1n) is 8.49. The zero-order valence-electron chi connectivity index (χ0n) is 14.6. The third-order valence-corrected chi connectivity index (χ3v) is 5.01. The number of carbonyl (C=O) groups excluding carboxylic acids is 2. The van der Waals surface area contributed by atoms with Gasteiger partial charge in [0.2, 0.25) is 0 Å². The highest BCUT2D eigenvalue weighted by Crippen LogP contribution is 2.45. The van der Waals surface area contributed by atoms with Crippen molar-refractivity contribution in [2.45, 2.75) is 31.6 Å². The van der Waals surface area contributed by atoms with Crippen LogP contribution in [0.5, 0.6) is 0 Å². The maximum atomic E-state index is 13.0. The lowest BCUT2D eigenvalue weighted by Crippen LogP contribution is -2.35. The first-order chi connectivity index (χ1) is 12.6. The summed E-state index contributed by atoms with van der Waals surface area (Å²) in [5, 5.41) is 3.25. The monoisotopic (exact) mass is 353 g/mol. The van der Waals surface area contributed by atoms with Gasteiger partial charge in [0.25, 0.3) is 0 Å². The van der Waals surface area contributed by atoms with Crippen LogP contribution >= 0.6 is 0 Å². The number of hydrogen-bond acceptors (Lipinski definition) is 6. The van der Waals surface area contributed by atoms with Gasteiger partial charge in [-0.2, -0.15) is 0 Å². The lowest BCUT2D eigenvalue weighted by atomic mass is 9.74. The molecule has 0 bridgehead atoms. The summed E-state index contributed by atoms with van der Waals surface area (Å²) in [6, 6.07) is 7.24. The largest absolute Gasteiger partial charge is 0.469 e. The quantitative estimate of drug-likeness (QED) is 0.852. The van der Waals surface area contributed by atoms with E-state index in [2.05, 4.69) is 5.32 Å². The predicted octanol–water partition coefficient (Wildman–Crippen LogP) is 3.41. The van der Waals surface area contributed by atoms with Crippen LogP contribution in [0.15, 0.2) is 68.2 Å². The van der Waals surface area contributed by atoms with Crippen molar-refractivity contribution in [2.24, 2.45) is 0 Å². The third-order valence-electron chi connectivity index (χ3n) is 5.01. The molecule has 134 valence electrons. The molecule has 0 unspecified atom stereocenters. The number of esters is 1. The normalized spacial score (nSPS) is 22.9. The number of hydrogen-bond donors (Lipinski definition) is 1. The zero-order chi connectivity index (χ0) is 18.3. The van der Waals surface area contributed by atoms with E-state index in [1.165, 1.54) is 7.11 Å². The van der Waals surface area contributed by atoms with E-state index in [9.17, 15) is 9.59 Å². The van der Waals surface area contributed by atoms with Crippen LogP contribution < -0.4 is 5.32 Å². The van der Waals surface area contributed by atoms with Crippen LogP contribution in [-0.4, -0.2) is 18.9 Å². The Bertz CT molecular complexity index is 902. The van der Waals surface area contributed by atoms with Crippen molar-refractivity contribution in [2.75, 3.05) is 7.11 Å². The van der Waals surface area contributed by atoms with Crippen LogP contribution in [0.25, 0.3) is 0 Å². The lowest BCUT2D eigenvalue weighted by Gasteiger charge is -2.35. The number of allylic oxidation sites excluding steroid dienone is 3. The average molecular weight is 353 g/mol. The predicted molar refractivity (Wildman–Crippen MR) is 92.0 cm³/mol. The van der Waals surface area contributed by atoms with Crippen LogP contribution in [0.3, 0.4) is 0 Å². The molecule has 0 spiro atoms. The van der Waals surface area contributed by atoms with E-state index >= 15 is 0 Å². The summed E-state index contributed by atoms with van der Waals surface area (Å²) >= 11 is 0. The van der Waals surface area contributed by atoms with Gasteiger partial charge in [0.15, 0.2) is 5.78 Å². The highest BCUT2D eigenvalue weighted by molar-refractivity contribution is 6.04. The minimum Gasteiger partial charge on any atom is -0.469 e. The van der Waals surface area contributed by atoms with Gasteiger partial charge < -0.3 is 18.9 Å². The molecule has 0 saturated heterocycles. The van der Waals surface area contributed by atoms with Crippen LogP contribution in [0.2, 0.25) is 0 Å². The van der Waals surface area contributed by atoms with Gasteiger partial charge in [-0.05, 0) is 37.6 Å². The van der Waals surface area contributed by atoms with Gasteiger partial charge in [0.05, 0.1) is 31.1 Å². The number of ether oxygens (including phenoxy) is 1. The fraction of sp³-hybridized carbons (Fsp3) is 0.300. The lowest BCUT2D eigenvalue weighted by molar-refractivity contribution is -0.136. The minimum atomic E-state index is -0.557. The first-order valence-corrected chi connectivity index (χ1v) is 8.49. The molecule has 6 nitrogen and oxygen atoms in total. The standard InChI is InChI=1S/C20H19NO5/c1-11-17(20(23)24-2)19(16-6-4-8-26-16)18-13(21-11)9-12(10-14(18)22)15-5-3-7-25-15/h3-8,12,19,21H,9-10H2,1-2H3/t12-,19-/m1/s1. The van der Waals surface area contributed by atoms with Gasteiger partial charge in [0.1, 0.15) is 11.5 Å². The molecule has 0 amide bonds. The van der Waals surface area contributed by atoms with Crippen molar-refractivity contribution in [1.82, 2.24) is 5.32 Å². The summed E-state index contributed by atoms with van der Waals surface area (Å²) in [5.41, 5.74) is 2.47. The molecule has 2 aliphatic rings. The number of rotatable bonds is 3. The molecule has 0 fully saturated rings. The molecule has 0 saturated carbocycles. The summed E-state index contributed by atoms with van der Waals surface area (Å²) in [6.45, 7) is 1.81. The van der Waals surface area contributed by atoms with E-state index in [1.54, 1.807) is 24.7 Å². The number of methoxy groups -OCH3 is 1. The van der Waals surface area contributed by atoms with Crippen LogP contribution in [0, 0.1) is 0 Å². The molecule has 0 aromatic carbocycles. The van der Waals surface area contributed by atoms with E-state index in [0.29, 0.717) is 35.4 Å². The average Bonchev–Trinajstić information content (AvgIpc) is 3.33. The first kappa shape index (κ1) is 16.4. The maximum Gasteiger partial charge on any atom is 0.336 e. The Morgan fingerprint density at radius 2 is 1.85 bits per heavy atom. The van der Waals surface area contributed by atoms with E-state index in [-0.39, 0.29) is 11.7 Å². The zero-order valence-corrected chi connectivity index (χ0v) is 14.6. The van der Waals surface area contributed by atoms with Crippen LogP contribution in [-0.2, 0) is 14.3 Å². The topological polar surface area (TPSA) is 81.7 Å². The van der Waals surface area contributed by atoms with Crippen LogP contribution in [0.1, 0.15) is 43.1 Å². The van der Waals surface area contributed by atoms with Crippen molar-refractivity contribution >= 4 is 11.8 Å². The summed E-state index contributed by atoms with van der Waals surface area (Å²) in [7, 11) is 1.33. The number of Topliss-reactive ketones (excluding diaryl/α,β-unsaturated/α-hetero) is 1. The van der Waals surface area contributed by atoms with Crippen LogP contribution in [0.4, 0.5) is 0 Å². The van der Waals surface area contributed by atoms with Crippen molar-refractivity contribution in [1.29, 1.82) is 0 Å². The summed E-state index contributed by atoms with van der Waals surface area (Å²) in [5.74, 6) is 0.289. The Morgan fingerprint density at radius 1 is 1.15 bits per heavy atom. The Morgan fingerprint density at radius 3 is 2.46 bits per heavy atom. The second-order valence-electron chi connectivity index (χ2n) is 6.54. The van der Waals surface area contributed by atoms with E-state index in [4.69, 9.17) is 13.6 Å². The minimum absolute atomic E-state index is 0.0181. The van der Waals surface area contributed by atoms with Crippen molar-refractivity contribution < 1.29 is 23.2 Å². The molecule has 2 atom stereocenters. The molecule has 4 rings (SSSR count). The van der Waals surface area contributed by atoms with Gasteiger partial charge in [-0.3, -0.25) is 4.79 Å². The van der Waals surface area contributed by atoms with Crippen molar-refractivity contribution in [3.8, 4) is 0 Å². The molecule has 0 radical (unpaired) electrons. The van der Waals surface area contributed by atoms with Gasteiger partial charge in [-0.15, -0.1) is 0 Å². The number of nitrogens with one attached hydrogen (secondary N) is 1. The summed E-state index contributed by atoms with van der Waals surface area (Å²) in [4.78, 5) is 25.5. The SMILES string of the molecule is COC(=O)C1=C(C)NC2=C(C(=O)C[C@H](c3ccco3)C2)[C@@H]1c1ccco1. The Kier molecular flexibility index (Phi) is 4.03. The second kappa shape index (κ2) is 6.37. The van der Waals surface area contributed by atoms with Crippen molar-refractivity contribution in [3.05, 3.63) is 70.9 Å². The molecule has 6 heteroatoms. The highest BCUT2D eigenvalue weighted by atomic mass is 16.5. The molecular weight excluding hydrogens is 334 g/mol. The fourth-order valence-electron chi connectivity index (χ4n) is 3.88. The Labute approximate surface area is 150 Å². The van der Waals surface area contributed by atoms with E-state index < -0.39 is 11.9 Å². The fourth-order valence-corrected chi connectivity index (χ4v) is 3.88. The number of furan rings is 2. The molecule has 1 aliphatic heterocycles. The Hall–Kier alpha value is -3.02. The molecule has 26 heavy (non-hydrogen) atoms. The summed E-state index contributed by atoms with van der Waals surface area (Å²) < 4.78 is 16.0. The molecule has 3 heterocycles. The number of ketones is 1. The second-order valence-corrected chi connectivity index (χ2v) is 6.54. The van der Waals surface area contributed by atoms with Gasteiger partial charge in [-0.1, -0.05) is 0 Å².